The zero-order valence-corrected chi connectivity index (χ0v) is 17.1. The number of rotatable bonds is 8. The average molecular weight is 425 g/mol. The summed E-state index contributed by atoms with van der Waals surface area (Å²) in [5.74, 6) is 0.563. The molecule has 0 aliphatic rings. The molecule has 6 nitrogen and oxygen atoms in total. The van der Waals surface area contributed by atoms with Crippen LogP contribution in [0.25, 0.3) is 0 Å². The van der Waals surface area contributed by atoms with Gasteiger partial charge in [-0.3, -0.25) is 4.79 Å². The minimum absolute atomic E-state index is 0.106. The Morgan fingerprint density at radius 2 is 1.83 bits per heavy atom. The van der Waals surface area contributed by atoms with Gasteiger partial charge < -0.3 is 14.6 Å². The molecule has 0 aliphatic heterocycles. The number of para-hydroxylation sites is 1. The van der Waals surface area contributed by atoms with E-state index in [1.54, 1.807) is 30.3 Å². The second-order valence-electron chi connectivity index (χ2n) is 6.27. The number of halogens is 1. The fraction of sp³-hybridized carbons (Fsp3) is 0.130. The van der Waals surface area contributed by atoms with Gasteiger partial charge in [0.15, 0.2) is 11.5 Å². The first-order valence-electron chi connectivity index (χ1n) is 9.32. The fourth-order valence-corrected chi connectivity index (χ4v) is 2.75. The number of hydrogen-bond acceptors (Lipinski definition) is 5. The summed E-state index contributed by atoms with van der Waals surface area (Å²) in [5.41, 5.74) is 4.24. The number of carbonyl (C=O) groups excluding carboxylic acids is 1. The van der Waals surface area contributed by atoms with Crippen LogP contribution in [0.2, 0.25) is 5.02 Å². The van der Waals surface area contributed by atoms with Crippen LogP contribution < -0.4 is 14.9 Å². The van der Waals surface area contributed by atoms with Crippen LogP contribution in [-0.4, -0.2) is 23.8 Å². The molecule has 0 saturated heterocycles. The summed E-state index contributed by atoms with van der Waals surface area (Å²) >= 11 is 5.90. The lowest BCUT2D eigenvalue weighted by Crippen LogP contribution is -2.17. The molecule has 0 heterocycles. The molecule has 0 aliphatic carbocycles. The van der Waals surface area contributed by atoms with Crippen LogP contribution in [0.5, 0.6) is 17.2 Å². The lowest BCUT2D eigenvalue weighted by molar-refractivity contribution is 0.0952. The third kappa shape index (κ3) is 5.75. The van der Waals surface area contributed by atoms with Crippen molar-refractivity contribution in [3.05, 3.63) is 88.4 Å². The van der Waals surface area contributed by atoms with Gasteiger partial charge in [-0.1, -0.05) is 35.9 Å². The molecular formula is C23H21ClN2O4. The molecule has 0 bridgehead atoms. The number of ether oxygens (including phenoxy) is 2. The van der Waals surface area contributed by atoms with Crippen molar-refractivity contribution in [1.29, 1.82) is 0 Å². The third-order valence-corrected chi connectivity index (χ3v) is 4.36. The highest BCUT2D eigenvalue weighted by molar-refractivity contribution is 6.30. The Balaban J connectivity index is 1.66. The SMILES string of the molecule is CCOc1cc(/C=N/NC(=O)c2ccccc2O)ccc1OCc1ccc(Cl)cc1. The molecule has 0 unspecified atom stereocenters. The molecule has 0 radical (unpaired) electrons. The van der Waals surface area contributed by atoms with E-state index in [1.165, 1.54) is 18.3 Å². The molecule has 0 aromatic heterocycles. The van der Waals surface area contributed by atoms with E-state index in [1.807, 2.05) is 31.2 Å². The van der Waals surface area contributed by atoms with Crippen LogP contribution in [-0.2, 0) is 6.61 Å². The maximum absolute atomic E-state index is 12.1. The van der Waals surface area contributed by atoms with Crippen LogP contribution in [0.1, 0.15) is 28.4 Å². The predicted octanol–water partition coefficient (Wildman–Crippen LogP) is 4.79. The van der Waals surface area contributed by atoms with E-state index in [9.17, 15) is 9.90 Å². The van der Waals surface area contributed by atoms with Crippen LogP contribution in [0, 0.1) is 0 Å². The van der Waals surface area contributed by atoms with Gasteiger partial charge in [-0.05, 0) is 60.5 Å². The first-order chi connectivity index (χ1) is 14.6. The summed E-state index contributed by atoms with van der Waals surface area (Å²) in [4.78, 5) is 12.1. The van der Waals surface area contributed by atoms with Gasteiger partial charge in [0, 0.05) is 5.02 Å². The van der Waals surface area contributed by atoms with E-state index in [-0.39, 0.29) is 11.3 Å². The van der Waals surface area contributed by atoms with Crippen LogP contribution in [0.3, 0.4) is 0 Å². The number of nitrogens with one attached hydrogen (secondary N) is 1. The summed E-state index contributed by atoms with van der Waals surface area (Å²) in [6, 6.07) is 19.0. The van der Waals surface area contributed by atoms with Crippen molar-refractivity contribution < 1.29 is 19.4 Å². The minimum Gasteiger partial charge on any atom is -0.507 e. The van der Waals surface area contributed by atoms with Crippen molar-refractivity contribution in [3.63, 3.8) is 0 Å². The van der Waals surface area contributed by atoms with Crippen molar-refractivity contribution in [2.75, 3.05) is 6.61 Å². The molecular weight excluding hydrogens is 404 g/mol. The van der Waals surface area contributed by atoms with Gasteiger partial charge in [0.1, 0.15) is 12.4 Å². The van der Waals surface area contributed by atoms with E-state index in [0.29, 0.717) is 29.7 Å². The largest absolute Gasteiger partial charge is 0.507 e. The van der Waals surface area contributed by atoms with Crippen molar-refractivity contribution in [2.45, 2.75) is 13.5 Å². The maximum atomic E-state index is 12.1. The Kier molecular flexibility index (Phi) is 7.29. The maximum Gasteiger partial charge on any atom is 0.275 e. The summed E-state index contributed by atoms with van der Waals surface area (Å²) in [5, 5.41) is 14.3. The van der Waals surface area contributed by atoms with Gasteiger partial charge in [-0.25, -0.2) is 5.43 Å². The Labute approximate surface area is 179 Å². The number of hydrazone groups is 1. The Hall–Kier alpha value is -3.51. The predicted molar refractivity (Wildman–Crippen MR) is 117 cm³/mol. The average Bonchev–Trinajstić information content (AvgIpc) is 2.75. The fourth-order valence-electron chi connectivity index (χ4n) is 2.63. The van der Waals surface area contributed by atoms with Gasteiger partial charge in [-0.2, -0.15) is 5.10 Å². The van der Waals surface area contributed by atoms with Crippen LogP contribution in [0.15, 0.2) is 71.8 Å². The Bertz CT molecular complexity index is 1040. The lowest BCUT2D eigenvalue weighted by Gasteiger charge is -2.12. The topological polar surface area (TPSA) is 80.2 Å². The highest BCUT2D eigenvalue weighted by Gasteiger charge is 2.09. The molecule has 0 atom stereocenters. The smallest absolute Gasteiger partial charge is 0.275 e. The number of aromatic hydroxyl groups is 1. The van der Waals surface area contributed by atoms with Crippen molar-refractivity contribution in [2.24, 2.45) is 5.10 Å². The molecule has 0 spiro atoms. The molecule has 0 fully saturated rings. The molecule has 1 amide bonds. The zero-order valence-electron chi connectivity index (χ0n) is 16.3. The van der Waals surface area contributed by atoms with Crippen LogP contribution in [0.4, 0.5) is 0 Å². The molecule has 3 aromatic carbocycles. The molecule has 30 heavy (non-hydrogen) atoms. The normalized spacial score (nSPS) is 10.7. The van der Waals surface area contributed by atoms with Crippen molar-refractivity contribution in [3.8, 4) is 17.2 Å². The zero-order chi connectivity index (χ0) is 21.3. The first kappa shape index (κ1) is 21.2. The van der Waals surface area contributed by atoms with Gasteiger partial charge in [0.2, 0.25) is 0 Å². The van der Waals surface area contributed by atoms with Gasteiger partial charge >= 0.3 is 0 Å². The molecule has 3 rings (SSSR count). The van der Waals surface area contributed by atoms with E-state index in [4.69, 9.17) is 21.1 Å². The Morgan fingerprint density at radius 1 is 1.07 bits per heavy atom. The number of benzene rings is 3. The van der Waals surface area contributed by atoms with E-state index < -0.39 is 5.91 Å². The first-order valence-corrected chi connectivity index (χ1v) is 9.70. The van der Waals surface area contributed by atoms with Crippen LogP contribution >= 0.6 is 11.6 Å². The molecule has 0 saturated carbocycles. The van der Waals surface area contributed by atoms with Gasteiger partial charge in [0.05, 0.1) is 18.4 Å². The second-order valence-corrected chi connectivity index (χ2v) is 6.71. The number of phenolic OH excluding ortho intramolecular Hbond substituents is 1. The lowest BCUT2D eigenvalue weighted by atomic mass is 10.2. The highest BCUT2D eigenvalue weighted by atomic mass is 35.5. The Morgan fingerprint density at radius 3 is 2.57 bits per heavy atom. The quantitative estimate of drug-likeness (QED) is 0.402. The third-order valence-electron chi connectivity index (χ3n) is 4.10. The van der Waals surface area contributed by atoms with Crippen molar-refractivity contribution in [1.82, 2.24) is 5.43 Å². The molecule has 3 aromatic rings. The number of phenols is 1. The van der Waals surface area contributed by atoms with Gasteiger partial charge in [-0.15, -0.1) is 0 Å². The number of hydrogen-bond donors (Lipinski definition) is 2. The van der Waals surface area contributed by atoms with E-state index >= 15 is 0 Å². The summed E-state index contributed by atoms with van der Waals surface area (Å²) in [6.45, 7) is 2.74. The summed E-state index contributed by atoms with van der Waals surface area (Å²) in [7, 11) is 0. The second kappa shape index (κ2) is 10.3. The van der Waals surface area contributed by atoms with Gasteiger partial charge in [0.25, 0.3) is 5.91 Å². The van der Waals surface area contributed by atoms with E-state index in [2.05, 4.69) is 10.5 Å². The van der Waals surface area contributed by atoms with E-state index in [0.717, 1.165) is 11.1 Å². The summed E-state index contributed by atoms with van der Waals surface area (Å²) in [6.07, 6.45) is 1.49. The standard InChI is InChI=1S/C23H21ClN2O4/c1-2-29-22-13-17(14-25-26-23(28)19-5-3-4-6-20(19)27)9-12-21(22)30-15-16-7-10-18(24)11-8-16/h3-14,27H,2,15H2,1H3,(H,26,28)/b25-14+. The number of carbonyl (C=O) groups is 1. The monoisotopic (exact) mass is 424 g/mol. The van der Waals surface area contributed by atoms with Crippen molar-refractivity contribution >= 4 is 23.7 Å². The molecule has 154 valence electrons. The minimum atomic E-state index is -0.503. The molecule has 7 heteroatoms. The number of amides is 1. The highest BCUT2D eigenvalue weighted by Crippen LogP contribution is 2.29. The summed E-state index contributed by atoms with van der Waals surface area (Å²) < 4.78 is 11.5. The molecule has 2 N–H and O–H groups in total. The number of nitrogens with zero attached hydrogens (tertiary/aromatic N) is 1.